The number of hydrogen-bond acceptors (Lipinski definition) is 0. The molecule has 0 aromatic carbocycles. The van der Waals surface area contributed by atoms with E-state index in [1.807, 2.05) is 13.0 Å². The molecule has 0 aliphatic carbocycles. The number of unbranched alkanes of at least 4 members (excludes halogenated alkanes) is 1. The fourth-order valence-electron chi connectivity index (χ4n) is 0.924. The Kier molecular flexibility index (Phi) is 9.12. The van der Waals surface area contributed by atoms with Gasteiger partial charge in [0.05, 0.1) is 0 Å². The van der Waals surface area contributed by atoms with Crippen molar-refractivity contribution in [2.75, 3.05) is 5.88 Å². The summed E-state index contributed by atoms with van der Waals surface area (Å²) in [5, 5.41) is 0. The van der Waals surface area contributed by atoms with Crippen LogP contribution in [0.3, 0.4) is 0 Å². The normalized spacial score (nSPS) is 8.85. The molecule has 0 radical (unpaired) electrons. The highest BCUT2D eigenvalue weighted by atomic mass is 35.5. The fourth-order valence-corrected chi connectivity index (χ4v) is 0.924. The molecule has 0 unspecified atom stereocenters. The van der Waals surface area contributed by atoms with E-state index in [0.29, 0.717) is 0 Å². The van der Waals surface area contributed by atoms with Crippen molar-refractivity contribution >= 4 is 11.6 Å². The van der Waals surface area contributed by atoms with E-state index in [-0.39, 0.29) is 0 Å². The average molecular weight is 201 g/mol. The topological polar surface area (TPSA) is 3.88 Å². The van der Waals surface area contributed by atoms with Gasteiger partial charge in [0.25, 0.3) is 0 Å². The molecule has 1 aromatic rings. The van der Waals surface area contributed by atoms with E-state index >= 15 is 0 Å². The number of alkyl halides is 1. The van der Waals surface area contributed by atoms with Crippen LogP contribution in [-0.4, -0.2) is 5.88 Å². The third-order valence-electron chi connectivity index (χ3n) is 1.55. The molecule has 0 amide bonds. The largest absolute Gasteiger partial charge is 0.205 e. The molecule has 1 heterocycles. The Morgan fingerprint density at radius 1 is 1.08 bits per heavy atom. The molecule has 2 heteroatoms. The van der Waals surface area contributed by atoms with Gasteiger partial charge >= 0.3 is 0 Å². The molecular weight excluding hydrogens is 182 g/mol. The van der Waals surface area contributed by atoms with Crippen LogP contribution in [0.25, 0.3) is 0 Å². The van der Waals surface area contributed by atoms with Crippen LogP contribution in [-0.2, 0) is 6.54 Å². The van der Waals surface area contributed by atoms with Crippen LogP contribution in [0.1, 0.15) is 26.7 Å². The van der Waals surface area contributed by atoms with Crippen molar-refractivity contribution < 1.29 is 4.57 Å². The van der Waals surface area contributed by atoms with Gasteiger partial charge in [-0.2, -0.15) is 0 Å². The Morgan fingerprint density at radius 3 is 2.08 bits per heavy atom. The summed E-state index contributed by atoms with van der Waals surface area (Å²) >= 11 is 5.00. The van der Waals surface area contributed by atoms with Gasteiger partial charge in [-0.1, -0.05) is 26.3 Å². The van der Waals surface area contributed by atoms with Crippen molar-refractivity contribution in [1.82, 2.24) is 0 Å². The van der Waals surface area contributed by atoms with E-state index in [2.05, 4.69) is 36.0 Å². The minimum Gasteiger partial charge on any atom is -0.205 e. The zero-order valence-electron chi connectivity index (χ0n) is 8.54. The molecule has 1 rings (SSSR count). The second kappa shape index (κ2) is 9.53. The predicted octanol–water partition coefficient (Wildman–Crippen LogP) is 3.02. The third kappa shape index (κ3) is 7.79. The molecule has 0 aliphatic rings. The molecule has 74 valence electrons. The molecule has 1 nitrogen and oxygen atoms in total. The number of halogens is 1. The fraction of sp³-hybridized carbons (Fsp3) is 0.545. The van der Waals surface area contributed by atoms with Crippen molar-refractivity contribution in [1.29, 1.82) is 0 Å². The predicted molar refractivity (Wildman–Crippen MR) is 57.9 cm³/mol. The molecule has 0 spiro atoms. The number of nitrogens with zero attached hydrogens (tertiary/aromatic N) is 1. The van der Waals surface area contributed by atoms with Crippen LogP contribution >= 0.6 is 11.6 Å². The Morgan fingerprint density at radius 2 is 1.62 bits per heavy atom. The maximum atomic E-state index is 5.00. The lowest BCUT2D eigenvalue weighted by atomic mass is 10.3. The minimum atomic E-state index is 0.722. The Balaban J connectivity index is 0.000000424. The van der Waals surface area contributed by atoms with E-state index in [1.54, 1.807) is 0 Å². The lowest BCUT2D eigenvalue weighted by Gasteiger charge is -1.91. The first-order chi connectivity index (χ1) is 6.35. The first kappa shape index (κ1) is 12.4. The maximum absolute atomic E-state index is 5.00. The molecule has 0 N–H and O–H groups in total. The summed E-state index contributed by atoms with van der Waals surface area (Å²) in [4.78, 5) is 0. The Hall–Kier alpha value is -0.560. The molecule has 0 bridgehead atoms. The van der Waals surface area contributed by atoms with Crippen molar-refractivity contribution in [3.8, 4) is 0 Å². The quantitative estimate of drug-likeness (QED) is 0.522. The molecule has 0 fully saturated rings. The molecule has 1 aromatic heterocycles. The third-order valence-corrected chi connectivity index (χ3v) is 1.55. The molecule has 0 aliphatic heterocycles. The summed E-state index contributed by atoms with van der Waals surface area (Å²) in [6.07, 6.45) is 6.75. The standard InChI is InChI=1S/C9H14N.C2H5Cl/c1-2-3-7-10-8-5-4-6-9-10;1-2-3/h4-6,8-9H,2-3,7H2,1H3;2H2,1H3/q+1;. The van der Waals surface area contributed by atoms with Crippen molar-refractivity contribution in [2.45, 2.75) is 33.2 Å². The van der Waals surface area contributed by atoms with Gasteiger partial charge in [0, 0.05) is 24.4 Å². The van der Waals surface area contributed by atoms with Crippen LogP contribution < -0.4 is 4.57 Å². The van der Waals surface area contributed by atoms with Crippen LogP contribution in [0.4, 0.5) is 0 Å². The SMILES string of the molecule is CCCC[n+]1ccccc1.CCCl. The molecule has 13 heavy (non-hydrogen) atoms. The van der Waals surface area contributed by atoms with E-state index < -0.39 is 0 Å². The summed E-state index contributed by atoms with van der Waals surface area (Å²) in [5.74, 6) is 0.722. The van der Waals surface area contributed by atoms with Crippen LogP contribution in [0.5, 0.6) is 0 Å². The number of hydrogen-bond donors (Lipinski definition) is 0. The van der Waals surface area contributed by atoms with Gasteiger partial charge in [-0.15, -0.1) is 11.6 Å². The molecular formula is C11H19ClN+. The van der Waals surface area contributed by atoms with Gasteiger partial charge in [-0.05, 0) is 0 Å². The summed E-state index contributed by atoms with van der Waals surface area (Å²) in [6, 6.07) is 6.17. The lowest BCUT2D eigenvalue weighted by molar-refractivity contribution is -0.697. The summed E-state index contributed by atoms with van der Waals surface area (Å²) < 4.78 is 2.21. The minimum absolute atomic E-state index is 0.722. The van der Waals surface area contributed by atoms with E-state index in [4.69, 9.17) is 11.6 Å². The first-order valence-corrected chi connectivity index (χ1v) is 5.38. The van der Waals surface area contributed by atoms with Crippen LogP contribution in [0.15, 0.2) is 30.6 Å². The number of aromatic nitrogens is 1. The van der Waals surface area contributed by atoms with E-state index in [0.717, 1.165) is 12.4 Å². The molecule has 0 saturated carbocycles. The molecule has 0 saturated heterocycles. The monoisotopic (exact) mass is 200 g/mol. The van der Waals surface area contributed by atoms with Gasteiger partial charge in [0.1, 0.15) is 6.54 Å². The van der Waals surface area contributed by atoms with E-state index in [1.165, 1.54) is 12.8 Å². The number of rotatable bonds is 3. The first-order valence-electron chi connectivity index (χ1n) is 4.85. The van der Waals surface area contributed by atoms with Gasteiger partial charge in [-0.25, -0.2) is 4.57 Å². The van der Waals surface area contributed by atoms with E-state index in [9.17, 15) is 0 Å². The maximum Gasteiger partial charge on any atom is 0.168 e. The van der Waals surface area contributed by atoms with Crippen molar-refractivity contribution in [3.05, 3.63) is 30.6 Å². The summed E-state index contributed by atoms with van der Waals surface area (Å²) in [5.41, 5.74) is 0. The number of aryl methyl sites for hydroxylation is 1. The van der Waals surface area contributed by atoms with Gasteiger partial charge in [0.2, 0.25) is 0 Å². The van der Waals surface area contributed by atoms with Crippen LogP contribution in [0.2, 0.25) is 0 Å². The zero-order chi connectivity index (χ0) is 9.94. The zero-order valence-corrected chi connectivity index (χ0v) is 9.30. The van der Waals surface area contributed by atoms with Gasteiger partial charge in [-0.3, -0.25) is 0 Å². The lowest BCUT2D eigenvalue weighted by Crippen LogP contribution is -2.31. The second-order valence-corrected chi connectivity index (χ2v) is 3.27. The number of pyridine rings is 1. The van der Waals surface area contributed by atoms with Gasteiger partial charge < -0.3 is 0 Å². The second-order valence-electron chi connectivity index (χ2n) is 2.73. The Labute approximate surface area is 86.4 Å². The highest BCUT2D eigenvalue weighted by Gasteiger charge is 1.93. The summed E-state index contributed by atoms with van der Waals surface area (Å²) in [6.45, 7) is 5.25. The highest BCUT2D eigenvalue weighted by molar-refractivity contribution is 6.17. The van der Waals surface area contributed by atoms with Crippen LogP contribution in [0, 0.1) is 0 Å². The highest BCUT2D eigenvalue weighted by Crippen LogP contribution is 1.85. The Bertz CT molecular complexity index is 187. The van der Waals surface area contributed by atoms with Crippen molar-refractivity contribution in [2.24, 2.45) is 0 Å². The smallest absolute Gasteiger partial charge is 0.168 e. The average Bonchev–Trinajstić information content (AvgIpc) is 2.18. The van der Waals surface area contributed by atoms with Crippen molar-refractivity contribution in [3.63, 3.8) is 0 Å². The summed E-state index contributed by atoms with van der Waals surface area (Å²) in [7, 11) is 0. The molecule has 0 atom stereocenters. The van der Waals surface area contributed by atoms with Gasteiger partial charge in [0.15, 0.2) is 12.4 Å².